The van der Waals surface area contributed by atoms with Gasteiger partial charge in [-0.2, -0.15) is 0 Å². The first-order valence-corrected chi connectivity index (χ1v) is 14.4. The number of nitrogens with one attached hydrogen (secondary N) is 2. The average molecular weight is 606 g/mol. The zero-order valence-electron chi connectivity index (χ0n) is 21.7. The summed E-state index contributed by atoms with van der Waals surface area (Å²) in [6.07, 6.45) is 1.93. The molecule has 1 amide bonds. The minimum absolute atomic E-state index is 0.0117. The molecule has 0 atom stereocenters. The summed E-state index contributed by atoms with van der Waals surface area (Å²) >= 11 is 12.9. The van der Waals surface area contributed by atoms with Gasteiger partial charge in [-0.15, -0.1) is 5.10 Å². The summed E-state index contributed by atoms with van der Waals surface area (Å²) in [5, 5.41) is 12.7. The van der Waals surface area contributed by atoms with Crippen LogP contribution in [-0.2, 0) is 21.2 Å². The maximum Gasteiger partial charge on any atom is 0.264 e. The molecule has 15 heteroatoms. The number of nitrogens with two attached hydrogens (primary N) is 1. The molecule has 2 aromatic heterocycles. The third kappa shape index (κ3) is 5.37. The number of methoxy groups -OCH3 is 1. The molecule has 4 N–H and O–H groups in total. The van der Waals surface area contributed by atoms with Crippen LogP contribution in [0.4, 0.5) is 11.5 Å². The van der Waals surface area contributed by atoms with E-state index < -0.39 is 15.6 Å². The van der Waals surface area contributed by atoms with Gasteiger partial charge in [0.1, 0.15) is 22.6 Å². The Morgan fingerprint density at radius 1 is 1.23 bits per heavy atom. The van der Waals surface area contributed by atoms with E-state index in [1.807, 2.05) is 0 Å². The highest BCUT2D eigenvalue weighted by atomic mass is 35.5. The number of rotatable bonds is 8. The van der Waals surface area contributed by atoms with Crippen LogP contribution in [0.1, 0.15) is 24.2 Å². The predicted molar refractivity (Wildman–Crippen MR) is 152 cm³/mol. The molecule has 0 saturated heterocycles. The number of H-pyrrole nitrogens is 1. The first kappa shape index (κ1) is 27.9. The number of carbonyl (C=O) groups is 1. The lowest BCUT2D eigenvalue weighted by Crippen LogP contribution is -2.16. The van der Waals surface area contributed by atoms with Crippen LogP contribution in [0.3, 0.4) is 0 Å². The molecule has 0 spiro atoms. The molecule has 1 saturated carbocycles. The minimum atomic E-state index is -4.08. The second kappa shape index (κ2) is 10.4. The van der Waals surface area contributed by atoms with Crippen molar-refractivity contribution in [2.45, 2.75) is 24.2 Å². The second-order valence-corrected chi connectivity index (χ2v) is 12.0. The van der Waals surface area contributed by atoms with E-state index in [1.54, 1.807) is 37.2 Å². The highest BCUT2D eigenvalue weighted by Crippen LogP contribution is 2.35. The van der Waals surface area contributed by atoms with E-state index in [0.717, 1.165) is 30.5 Å². The van der Waals surface area contributed by atoms with Gasteiger partial charge in [-0.05, 0) is 42.7 Å². The normalized spacial score (nSPS) is 13.4. The Balaban J connectivity index is 1.61. The Bertz CT molecular complexity index is 1810. The maximum absolute atomic E-state index is 13.3. The third-order valence-electron chi connectivity index (χ3n) is 6.36. The Morgan fingerprint density at radius 2 is 1.90 bits per heavy atom. The van der Waals surface area contributed by atoms with Gasteiger partial charge in [0, 0.05) is 26.4 Å². The average Bonchev–Trinajstić information content (AvgIpc) is 3.65. The fraction of sp³-hybridized carbons (Fsp3) is 0.280. The number of benzene rings is 2. The molecule has 0 aliphatic heterocycles. The molecule has 1 fully saturated rings. The van der Waals surface area contributed by atoms with E-state index in [9.17, 15) is 18.0 Å². The summed E-state index contributed by atoms with van der Waals surface area (Å²) < 4.78 is 30.4. The van der Waals surface area contributed by atoms with Gasteiger partial charge in [-0.3, -0.25) is 9.59 Å². The van der Waals surface area contributed by atoms with Crippen LogP contribution in [0.15, 0.2) is 40.0 Å². The van der Waals surface area contributed by atoms with Crippen molar-refractivity contribution in [2.75, 3.05) is 31.4 Å². The molecule has 12 nitrogen and oxygen atoms in total. The van der Waals surface area contributed by atoms with Crippen molar-refractivity contribution < 1.29 is 17.9 Å². The number of nitrogens with zero attached hydrogens (tertiary/aromatic N) is 4. The number of fused-ring (bicyclic) bond motifs is 1. The summed E-state index contributed by atoms with van der Waals surface area (Å²) in [5.41, 5.74) is 1.12. The maximum atomic E-state index is 13.3. The van der Waals surface area contributed by atoms with Crippen LogP contribution >= 0.6 is 23.2 Å². The third-order valence-corrected chi connectivity index (χ3v) is 7.83. The van der Waals surface area contributed by atoms with Crippen molar-refractivity contribution in [3.05, 3.63) is 62.1 Å². The molecule has 0 unspecified atom stereocenters. The lowest BCUT2D eigenvalue weighted by molar-refractivity contribution is -0.117. The zero-order chi connectivity index (χ0) is 28.9. The van der Waals surface area contributed by atoms with Gasteiger partial charge in [0.15, 0.2) is 11.5 Å². The summed E-state index contributed by atoms with van der Waals surface area (Å²) in [6, 6.07) is 7.62. The molecule has 210 valence electrons. The zero-order valence-corrected chi connectivity index (χ0v) is 24.0. The van der Waals surface area contributed by atoms with Crippen LogP contribution in [0.5, 0.6) is 5.75 Å². The lowest BCUT2D eigenvalue weighted by Gasteiger charge is -2.12. The standard InChI is InChI=1S/C25H25Cl2N7O5S/c1-33(2)23-20-22(34(32-23)21-15(26)10-14(11-16(21)27)40(28,37)38)30-19(31-25(20)36)9-12-4-7-18(39-3)17(8-12)29-24(35)13-5-6-13/h4,7-8,10-11,13H,5-6,9H2,1-3H3,(H,29,35)(H2,28,37,38)(H,30,31,36). The van der Waals surface area contributed by atoms with Crippen LogP contribution in [-0.4, -0.2) is 55.3 Å². The van der Waals surface area contributed by atoms with Gasteiger partial charge in [0.05, 0.1) is 27.7 Å². The highest BCUT2D eigenvalue weighted by Gasteiger charge is 2.30. The number of aromatic nitrogens is 4. The van der Waals surface area contributed by atoms with Gasteiger partial charge >= 0.3 is 0 Å². The minimum Gasteiger partial charge on any atom is -0.495 e. The van der Waals surface area contributed by atoms with Crippen LogP contribution in [0.2, 0.25) is 10.0 Å². The first-order valence-electron chi connectivity index (χ1n) is 12.1. The monoisotopic (exact) mass is 605 g/mol. The molecular weight excluding hydrogens is 581 g/mol. The lowest BCUT2D eigenvalue weighted by atomic mass is 10.1. The van der Waals surface area contributed by atoms with Crippen molar-refractivity contribution in [2.24, 2.45) is 11.1 Å². The smallest absolute Gasteiger partial charge is 0.264 e. The van der Waals surface area contributed by atoms with E-state index in [2.05, 4.69) is 20.4 Å². The van der Waals surface area contributed by atoms with E-state index in [-0.39, 0.29) is 49.9 Å². The molecule has 4 aromatic rings. The Hall–Kier alpha value is -3.65. The van der Waals surface area contributed by atoms with Crippen LogP contribution in [0.25, 0.3) is 16.7 Å². The number of primary sulfonamides is 1. The van der Waals surface area contributed by atoms with E-state index in [1.165, 1.54) is 11.8 Å². The van der Waals surface area contributed by atoms with Crippen molar-refractivity contribution in [1.29, 1.82) is 0 Å². The predicted octanol–water partition coefficient (Wildman–Crippen LogP) is 3.08. The molecule has 0 bridgehead atoms. The number of halogens is 2. The van der Waals surface area contributed by atoms with Gasteiger partial charge in [-0.1, -0.05) is 29.3 Å². The summed E-state index contributed by atoms with van der Waals surface area (Å²) in [4.78, 5) is 34.5. The van der Waals surface area contributed by atoms with Crippen LogP contribution < -0.4 is 25.7 Å². The van der Waals surface area contributed by atoms with Gasteiger partial charge in [0.25, 0.3) is 5.56 Å². The Morgan fingerprint density at radius 3 is 2.48 bits per heavy atom. The number of carbonyl (C=O) groups excluding carboxylic acids is 1. The van der Waals surface area contributed by atoms with E-state index in [4.69, 9.17) is 33.1 Å². The Labute approximate surface area is 239 Å². The number of sulfonamides is 1. The summed E-state index contributed by atoms with van der Waals surface area (Å²) in [7, 11) is 0.862. The largest absolute Gasteiger partial charge is 0.495 e. The number of anilines is 2. The molecule has 1 aliphatic carbocycles. The molecule has 0 radical (unpaired) electrons. The molecular formula is C25H25Cl2N7O5S. The van der Waals surface area contributed by atoms with Crippen LogP contribution in [0, 0.1) is 5.92 Å². The number of amides is 1. The van der Waals surface area contributed by atoms with E-state index in [0.29, 0.717) is 23.1 Å². The number of aromatic amines is 1. The molecule has 40 heavy (non-hydrogen) atoms. The SMILES string of the molecule is COc1ccc(Cc2nc3c(c(N(C)C)nn3-c3c(Cl)cc(S(N)(=O)=O)cc3Cl)c(=O)[nH]2)cc1NC(=O)C1CC1. The van der Waals surface area contributed by atoms with Gasteiger partial charge in [0.2, 0.25) is 15.9 Å². The highest BCUT2D eigenvalue weighted by molar-refractivity contribution is 7.89. The van der Waals surface area contributed by atoms with Gasteiger partial charge in [-0.25, -0.2) is 23.2 Å². The number of hydrogen-bond donors (Lipinski definition) is 3. The molecule has 2 heterocycles. The summed E-state index contributed by atoms with van der Waals surface area (Å²) in [5.74, 6) is 1.06. The number of hydrogen-bond acceptors (Lipinski definition) is 8. The first-order chi connectivity index (χ1) is 18.9. The van der Waals surface area contributed by atoms with Crippen molar-refractivity contribution in [1.82, 2.24) is 19.7 Å². The number of ether oxygens (including phenoxy) is 1. The molecule has 2 aromatic carbocycles. The topological polar surface area (TPSA) is 165 Å². The molecule has 1 aliphatic rings. The quantitative estimate of drug-likeness (QED) is 0.275. The fourth-order valence-electron chi connectivity index (χ4n) is 4.25. The molecule has 5 rings (SSSR count). The van der Waals surface area contributed by atoms with Crippen molar-refractivity contribution in [3.63, 3.8) is 0 Å². The van der Waals surface area contributed by atoms with Crippen molar-refractivity contribution in [3.8, 4) is 11.4 Å². The fourth-order valence-corrected chi connectivity index (χ4v) is 5.59. The summed E-state index contributed by atoms with van der Waals surface area (Å²) in [6.45, 7) is 0. The van der Waals surface area contributed by atoms with Gasteiger partial charge < -0.3 is 19.9 Å². The van der Waals surface area contributed by atoms with E-state index >= 15 is 0 Å². The Kier molecular flexibility index (Phi) is 7.25. The van der Waals surface area contributed by atoms with Crippen molar-refractivity contribution >= 4 is 61.7 Å². The second-order valence-electron chi connectivity index (χ2n) is 9.60.